The maximum Gasteiger partial charge on any atom is 0.412 e. The fourth-order valence-electron chi connectivity index (χ4n) is 2.09. The standard InChI is InChI=1S/C16H17N3O6S/c1-18-16(22)19-9-7-12(26-13(9)14(20)25-15(17)21)8-4-5-10(23-2)11(6-8)24-3/h4-7H,1-3H3,(H2,17,21)(H2,18,19,22). The number of nitrogens with two attached hydrogens (primary N) is 1. The van der Waals surface area contributed by atoms with Gasteiger partial charge in [0.25, 0.3) is 0 Å². The number of carbonyl (C=O) groups is 3. The highest BCUT2D eigenvalue weighted by molar-refractivity contribution is 7.18. The van der Waals surface area contributed by atoms with Crippen LogP contribution < -0.4 is 25.8 Å². The molecule has 9 nitrogen and oxygen atoms in total. The van der Waals surface area contributed by atoms with Gasteiger partial charge in [-0.15, -0.1) is 11.3 Å². The minimum absolute atomic E-state index is 0.0252. The number of hydrogen-bond acceptors (Lipinski definition) is 7. The van der Waals surface area contributed by atoms with Crippen molar-refractivity contribution >= 4 is 35.1 Å². The molecule has 2 rings (SSSR count). The number of hydrogen-bond donors (Lipinski definition) is 3. The smallest absolute Gasteiger partial charge is 0.412 e. The number of urea groups is 1. The van der Waals surface area contributed by atoms with Crippen molar-refractivity contribution in [3.63, 3.8) is 0 Å². The van der Waals surface area contributed by atoms with Crippen molar-refractivity contribution in [3.05, 3.63) is 29.1 Å². The molecule has 0 bridgehead atoms. The zero-order chi connectivity index (χ0) is 19.3. The minimum Gasteiger partial charge on any atom is -0.493 e. The van der Waals surface area contributed by atoms with Crippen LogP contribution in [-0.4, -0.2) is 39.4 Å². The van der Waals surface area contributed by atoms with E-state index in [1.807, 2.05) is 0 Å². The molecule has 2 aromatic rings. The predicted molar refractivity (Wildman–Crippen MR) is 95.9 cm³/mol. The number of primary amides is 1. The summed E-state index contributed by atoms with van der Waals surface area (Å²) in [4.78, 5) is 35.2. The molecule has 0 radical (unpaired) electrons. The minimum atomic E-state index is -1.23. The van der Waals surface area contributed by atoms with Gasteiger partial charge in [-0.1, -0.05) is 0 Å². The number of amides is 3. The molecule has 26 heavy (non-hydrogen) atoms. The molecule has 0 saturated carbocycles. The van der Waals surface area contributed by atoms with Crippen LogP contribution in [-0.2, 0) is 4.74 Å². The van der Waals surface area contributed by atoms with Gasteiger partial charge in [-0.3, -0.25) is 0 Å². The van der Waals surface area contributed by atoms with E-state index in [4.69, 9.17) is 15.2 Å². The number of ether oxygens (including phenoxy) is 3. The van der Waals surface area contributed by atoms with E-state index in [1.54, 1.807) is 24.3 Å². The van der Waals surface area contributed by atoms with Crippen molar-refractivity contribution < 1.29 is 28.6 Å². The van der Waals surface area contributed by atoms with Crippen LogP contribution in [0.5, 0.6) is 11.5 Å². The SMILES string of the molecule is CNC(=O)Nc1cc(-c2ccc(OC)c(OC)c2)sc1C(=O)OC(N)=O. The Morgan fingerprint density at radius 2 is 1.77 bits per heavy atom. The van der Waals surface area contributed by atoms with Crippen LogP contribution >= 0.6 is 11.3 Å². The van der Waals surface area contributed by atoms with Gasteiger partial charge >= 0.3 is 18.1 Å². The maximum atomic E-state index is 12.1. The molecule has 138 valence electrons. The third kappa shape index (κ3) is 4.22. The third-order valence-corrected chi connectivity index (χ3v) is 4.42. The van der Waals surface area contributed by atoms with Gasteiger partial charge in [0.1, 0.15) is 4.88 Å². The largest absolute Gasteiger partial charge is 0.493 e. The molecule has 0 aliphatic heterocycles. The van der Waals surface area contributed by atoms with Crippen molar-refractivity contribution in [2.75, 3.05) is 26.6 Å². The summed E-state index contributed by atoms with van der Waals surface area (Å²) in [6, 6.07) is 6.24. The molecule has 4 N–H and O–H groups in total. The molecular formula is C16H17N3O6S. The number of nitrogens with one attached hydrogen (secondary N) is 2. The molecule has 0 unspecified atom stereocenters. The van der Waals surface area contributed by atoms with Crippen molar-refractivity contribution in [3.8, 4) is 21.9 Å². The first-order chi connectivity index (χ1) is 12.4. The van der Waals surface area contributed by atoms with E-state index >= 15 is 0 Å². The van der Waals surface area contributed by atoms with Crippen LogP contribution in [0.2, 0.25) is 0 Å². The monoisotopic (exact) mass is 379 g/mol. The Balaban J connectivity index is 2.48. The molecule has 0 atom stereocenters. The summed E-state index contributed by atoms with van der Waals surface area (Å²) in [6.45, 7) is 0. The normalized spacial score (nSPS) is 9.96. The first kappa shape index (κ1) is 19.1. The molecule has 1 aromatic heterocycles. The first-order valence-electron chi connectivity index (χ1n) is 7.26. The Hall–Kier alpha value is -3.27. The van der Waals surface area contributed by atoms with E-state index in [1.165, 1.54) is 21.3 Å². The van der Waals surface area contributed by atoms with Gasteiger partial charge < -0.3 is 30.6 Å². The van der Waals surface area contributed by atoms with Crippen molar-refractivity contribution in [2.24, 2.45) is 5.73 Å². The van der Waals surface area contributed by atoms with E-state index in [2.05, 4.69) is 15.4 Å². The summed E-state index contributed by atoms with van der Waals surface area (Å²) in [7, 11) is 4.45. The predicted octanol–water partition coefficient (Wildman–Crippen LogP) is 2.42. The van der Waals surface area contributed by atoms with E-state index in [9.17, 15) is 14.4 Å². The Kier molecular flexibility index (Phi) is 6.02. The molecule has 0 saturated heterocycles. The van der Waals surface area contributed by atoms with E-state index < -0.39 is 18.1 Å². The van der Waals surface area contributed by atoms with E-state index in [0.717, 1.165) is 11.3 Å². The van der Waals surface area contributed by atoms with Crippen LogP contribution in [0.1, 0.15) is 9.67 Å². The van der Waals surface area contributed by atoms with Crippen LogP contribution in [0, 0.1) is 0 Å². The zero-order valence-electron chi connectivity index (χ0n) is 14.2. The van der Waals surface area contributed by atoms with Gasteiger partial charge in [-0.25, -0.2) is 14.4 Å². The average Bonchev–Trinajstić information content (AvgIpc) is 3.04. The van der Waals surface area contributed by atoms with Crippen molar-refractivity contribution in [1.29, 1.82) is 0 Å². The molecule has 1 heterocycles. The van der Waals surface area contributed by atoms with Gasteiger partial charge in [0.2, 0.25) is 0 Å². The number of rotatable bonds is 5. The fraction of sp³-hybridized carbons (Fsp3) is 0.188. The lowest BCUT2D eigenvalue weighted by Crippen LogP contribution is -2.25. The zero-order valence-corrected chi connectivity index (χ0v) is 15.1. The molecular weight excluding hydrogens is 362 g/mol. The Bertz CT molecular complexity index is 849. The molecule has 0 fully saturated rings. The van der Waals surface area contributed by atoms with Gasteiger partial charge in [-0.05, 0) is 29.8 Å². The second-order valence-corrected chi connectivity index (χ2v) is 5.89. The molecule has 0 aliphatic carbocycles. The molecule has 0 spiro atoms. The summed E-state index contributed by atoms with van der Waals surface area (Å²) in [6.07, 6.45) is -1.23. The molecule has 10 heteroatoms. The number of esters is 1. The van der Waals surface area contributed by atoms with Gasteiger partial charge in [0.15, 0.2) is 11.5 Å². The van der Waals surface area contributed by atoms with Crippen LogP contribution in [0.4, 0.5) is 15.3 Å². The number of thiophene rings is 1. The highest BCUT2D eigenvalue weighted by Crippen LogP contribution is 2.39. The highest BCUT2D eigenvalue weighted by atomic mass is 32.1. The van der Waals surface area contributed by atoms with E-state index in [0.29, 0.717) is 21.9 Å². The van der Waals surface area contributed by atoms with E-state index in [-0.39, 0.29) is 10.6 Å². The number of anilines is 1. The van der Waals surface area contributed by atoms with Crippen LogP contribution in [0.25, 0.3) is 10.4 Å². The van der Waals surface area contributed by atoms with Gasteiger partial charge in [0, 0.05) is 11.9 Å². The molecule has 1 aromatic carbocycles. The summed E-state index contributed by atoms with van der Waals surface area (Å²) < 4.78 is 14.9. The quantitative estimate of drug-likeness (QED) is 0.540. The second-order valence-electron chi connectivity index (χ2n) is 4.84. The Morgan fingerprint density at radius 1 is 1.08 bits per heavy atom. The number of benzene rings is 1. The molecule has 3 amide bonds. The number of methoxy groups -OCH3 is 2. The van der Waals surface area contributed by atoms with Crippen LogP contribution in [0.15, 0.2) is 24.3 Å². The fourth-order valence-corrected chi connectivity index (χ4v) is 3.08. The summed E-state index contributed by atoms with van der Waals surface area (Å²) >= 11 is 1.03. The first-order valence-corrected chi connectivity index (χ1v) is 8.07. The lowest BCUT2D eigenvalue weighted by molar-refractivity contribution is 0.0644. The Labute approximate surface area is 153 Å². The highest BCUT2D eigenvalue weighted by Gasteiger charge is 2.22. The maximum absolute atomic E-state index is 12.1. The summed E-state index contributed by atoms with van der Waals surface area (Å²) in [5, 5.41) is 4.88. The van der Waals surface area contributed by atoms with Gasteiger partial charge in [-0.2, -0.15) is 0 Å². The third-order valence-electron chi connectivity index (χ3n) is 3.25. The second kappa shape index (κ2) is 8.21. The average molecular weight is 379 g/mol. The number of carbonyl (C=O) groups excluding carboxylic acids is 3. The lowest BCUT2D eigenvalue weighted by Gasteiger charge is -2.08. The summed E-state index contributed by atoms with van der Waals surface area (Å²) in [5.74, 6) is 0.0889. The molecule has 0 aliphatic rings. The Morgan fingerprint density at radius 3 is 2.35 bits per heavy atom. The van der Waals surface area contributed by atoms with Crippen LogP contribution in [0.3, 0.4) is 0 Å². The topological polar surface area (TPSA) is 129 Å². The lowest BCUT2D eigenvalue weighted by atomic mass is 10.1. The summed E-state index contributed by atoms with van der Waals surface area (Å²) in [5.41, 5.74) is 5.79. The van der Waals surface area contributed by atoms with Gasteiger partial charge in [0.05, 0.1) is 19.9 Å². The van der Waals surface area contributed by atoms with Crippen molar-refractivity contribution in [2.45, 2.75) is 0 Å². The van der Waals surface area contributed by atoms with Crippen molar-refractivity contribution in [1.82, 2.24) is 5.32 Å².